The fourth-order valence-corrected chi connectivity index (χ4v) is 7.28. The molecule has 2 aliphatic heterocycles. The van der Waals surface area contributed by atoms with E-state index in [9.17, 15) is 0 Å². The van der Waals surface area contributed by atoms with Crippen LogP contribution < -0.4 is 4.57 Å². The van der Waals surface area contributed by atoms with Crippen molar-refractivity contribution in [3.8, 4) is 11.1 Å². The van der Waals surface area contributed by atoms with Crippen LogP contribution in [0.25, 0.3) is 55.0 Å². The molecule has 210 valence electrons. The van der Waals surface area contributed by atoms with E-state index in [2.05, 4.69) is 89.1 Å². The Kier molecular flexibility index (Phi) is 8.27. The molecule has 3 heteroatoms. The van der Waals surface area contributed by atoms with Gasteiger partial charge in [-0.05, 0) is 43.5 Å². The SMILES string of the molecule is CCCCCCn1c2cccc3c2-c2c4c1cccc4[n+](CCCCCC)c1cccc(c21)n3CCCCCC. The molecule has 3 nitrogen and oxygen atoms in total. The number of pyridine rings is 3. The lowest BCUT2D eigenvalue weighted by Crippen LogP contribution is -2.36. The van der Waals surface area contributed by atoms with Gasteiger partial charge in [-0.1, -0.05) is 90.3 Å². The molecule has 0 N–H and O–H groups in total. The molecule has 0 fully saturated rings. The van der Waals surface area contributed by atoms with Gasteiger partial charge in [0.05, 0.1) is 32.8 Å². The lowest BCUT2D eigenvalue weighted by molar-refractivity contribution is -0.645. The van der Waals surface area contributed by atoms with E-state index in [4.69, 9.17) is 0 Å². The number of unbranched alkanes of at least 4 members (excludes halogenated alkanes) is 9. The van der Waals surface area contributed by atoms with Crippen LogP contribution in [0.3, 0.4) is 0 Å². The Bertz CT molecular complexity index is 1550. The summed E-state index contributed by atoms with van der Waals surface area (Å²) >= 11 is 0. The fraction of sp³-hybridized carbons (Fsp3) is 0.486. The van der Waals surface area contributed by atoms with Gasteiger partial charge in [0, 0.05) is 42.8 Å². The van der Waals surface area contributed by atoms with E-state index in [0.29, 0.717) is 0 Å². The summed E-state index contributed by atoms with van der Waals surface area (Å²) in [5.74, 6) is 0. The van der Waals surface area contributed by atoms with E-state index in [1.807, 2.05) is 0 Å². The quantitative estimate of drug-likeness (QED) is 0.0538. The lowest BCUT2D eigenvalue weighted by atomic mass is 9.89. The number of aromatic nitrogens is 3. The molecular weight excluding hydrogens is 486 g/mol. The minimum absolute atomic E-state index is 1.09. The van der Waals surface area contributed by atoms with E-state index in [0.717, 1.165) is 19.6 Å². The van der Waals surface area contributed by atoms with Crippen LogP contribution in [0.5, 0.6) is 0 Å². The summed E-state index contributed by atoms with van der Waals surface area (Å²) in [5.41, 5.74) is 11.4. The highest BCUT2D eigenvalue weighted by molar-refractivity contribution is 6.24. The van der Waals surface area contributed by atoms with Crippen LogP contribution >= 0.6 is 0 Å². The van der Waals surface area contributed by atoms with Crippen LogP contribution in [0.1, 0.15) is 97.8 Å². The largest absolute Gasteiger partial charge is 0.340 e. The van der Waals surface area contributed by atoms with Crippen molar-refractivity contribution in [3.05, 3.63) is 54.6 Å². The maximum atomic E-state index is 2.67. The Morgan fingerprint density at radius 3 is 1.43 bits per heavy atom. The third-order valence-electron chi connectivity index (χ3n) is 9.26. The Balaban J connectivity index is 1.67. The van der Waals surface area contributed by atoms with Crippen molar-refractivity contribution in [2.24, 2.45) is 0 Å². The highest BCUT2D eigenvalue weighted by atomic mass is 15.0. The van der Waals surface area contributed by atoms with E-state index in [1.165, 1.54) is 132 Å². The van der Waals surface area contributed by atoms with Gasteiger partial charge in [0.2, 0.25) is 11.0 Å². The zero-order valence-electron chi connectivity index (χ0n) is 25.1. The van der Waals surface area contributed by atoms with Crippen molar-refractivity contribution in [2.75, 3.05) is 0 Å². The van der Waals surface area contributed by atoms with Gasteiger partial charge in [0.1, 0.15) is 6.54 Å². The van der Waals surface area contributed by atoms with Crippen molar-refractivity contribution in [3.63, 3.8) is 0 Å². The normalized spacial score (nSPS) is 12.4. The smallest absolute Gasteiger partial charge is 0.215 e. The summed E-state index contributed by atoms with van der Waals surface area (Å²) in [6.45, 7) is 10.2. The molecule has 0 atom stereocenters. The van der Waals surface area contributed by atoms with Gasteiger partial charge in [-0.3, -0.25) is 0 Å². The average Bonchev–Trinajstić information content (AvgIpc) is 2.99. The molecule has 0 radical (unpaired) electrons. The molecule has 0 unspecified atom stereocenters. The molecule has 4 aromatic rings. The molecule has 6 rings (SSSR count). The number of aryl methyl sites for hydroxylation is 3. The first kappa shape index (κ1) is 27.1. The summed E-state index contributed by atoms with van der Waals surface area (Å²) in [7, 11) is 0. The third-order valence-corrected chi connectivity index (χ3v) is 9.26. The molecule has 2 aliphatic rings. The van der Waals surface area contributed by atoms with Crippen LogP contribution in [-0.2, 0) is 19.6 Å². The minimum atomic E-state index is 1.09. The van der Waals surface area contributed by atoms with Gasteiger partial charge >= 0.3 is 0 Å². The van der Waals surface area contributed by atoms with E-state index in [-0.39, 0.29) is 0 Å². The van der Waals surface area contributed by atoms with Crippen LogP contribution in [0.4, 0.5) is 0 Å². The summed E-state index contributed by atoms with van der Waals surface area (Å²) in [6.07, 6.45) is 15.4. The van der Waals surface area contributed by atoms with E-state index < -0.39 is 0 Å². The minimum Gasteiger partial charge on any atom is -0.340 e. The molecule has 0 spiro atoms. The molecule has 0 aliphatic carbocycles. The van der Waals surface area contributed by atoms with Crippen LogP contribution in [0, 0.1) is 0 Å². The monoisotopic (exact) mass is 534 g/mol. The number of hydrogen-bond acceptors (Lipinski definition) is 0. The molecule has 0 bridgehead atoms. The maximum absolute atomic E-state index is 2.67. The van der Waals surface area contributed by atoms with Crippen molar-refractivity contribution >= 4 is 43.9 Å². The Labute approximate surface area is 240 Å². The number of hydrogen-bond donors (Lipinski definition) is 0. The van der Waals surface area contributed by atoms with Gasteiger partial charge in [-0.25, -0.2) is 0 Å². The zero-order valence-corrected chi connectivity index (χ0v) is 25.1. The van der Waals surface area contributed by atoms with E-state index >= 15 is 0 Å². The second-order valence-corrected chi connectivity index (χ2v) is 12.0. The topological polar surface area (TPSA) is 13.7 Å². The standard InChI is InChI=1S/C37H48N3/c1-4-7-10-13-25-38-28-19-16-21-30-34(28)37-35-29(38)20-17-22-31(35)40(27-15-12-9-6-3)33-24-18-23-32(36(33)37)39(30)26-14-11-8-5-2/h16-24H,4-15,25-27H2,1-3H3/q+1. The zero-order chi connectivity index (χ0) is 27.5. The first-order valence-electron chi connectivity index (χ1n) is 16.4. The van der Waals surface area contributed by atoms with Gasteiger partial charge < -0.3 is 9.13 Å². The molecule has 3 heterocycles. The first-order valence-corrected chi connectivity index (χ1v) is 16.4. The summed E-state index contributed by atoms with van der Waals surface area (Å²) < 4.78 is 8.00. The molecule has 0 amide bonds. The van der Waals surface area contributed by atoms with Crippen molar-refractivity contribution < 1.29 is 4.57 Å². The predicted molar refractivity (Wildman–Crippen MR) is 173 cm³/mol. The number of rotatable bonds is 15. The molecule has 3 aromatic carbocycles. The highest BCUT2D eigenvalue weighted by Gasteiger charge is 2.31. The van der Waals surface area contributed by atoms with Crippen LogP contribution in [0.15, 0.2) is 54.6 Å². The van der Waals surface area contributed by atoms with Crippen molar-refractivity contribution in [1.82, 2.24) is 9.13 Å². The van der Waals surface area contributed by atoms with Crippen molar-refractivity contribution in [2.45, 2.75) is 117 Å². The van der Waals surface area contributed by atoms with Gasteiger partial charge in [-0.15, -0.1) is 0 Å². The summed E-state index contributed by atoms with van der Waals surface area (Å²) in [6, 6.07) is 21.3. The molecule has 0 saturated carbocycles. The molecule has 40 heavy (non-hydrogen) atoms. The third kappa shape index (κ3) is 4.66. The fourth-order valence-electron chi connectivity index (χ4n) is 7.28. The Morgan fingerprint density at radius 2 is 0.925 bits per heavy atom. The molecule has 0 saturated heterocycles. The van der Waals surface area contributed by atoms with Gasteiger partial charge in [-0.2, -0.15) is 4.57 Å². The van der Waals surface area contributed by atoms with Gasteiger partial charge in [0.25, 0.3) is 0 Å². The molecular formula is C37H48N3+. The highest BCUT2D eigenvalue weighted by Crippen LogP contribution is 2.47. The lowest BCUT2D eigenvalue weighted by Gasteiger charge is -2.28. The van der Waals surface area contributed by atoms with Crippen molar-refractivity contribution in [1.29, 1.82) is 0 Å². The number of nitrogens with zero attached hydrogens (tertiary/aromatic N) is 3. The molecule has 1 aromatic heterocycles. The van der Waals surface area contributed by atoms with Crippen LogP contribution in [-0.4, -0.2) is 9.13 Å². The summed E-state index contributed by atoms with van der Waals surface area (Å²) in [4.78, 5) is 0. The summed E-state index contributed by atoms with van der Waals surface area (Å²) in [5, 5.41) is 2.94. The maximum Gasteiger partial charge on any atom is 0.215 e. The second kappa shape index (κ2) is 12.2. The first-order chi connectivity index (χ1) is 19.8. The number of benzene rings is 3. The van der Waals surface area contributed by atoms with Crippen LogP contribution in [0.2, 0.25) is 0 Å². The Hall–Kier alpha value is -3.07. The predicted octanol–water partition coefficient (Wildman–Crippen LogP) is 10.5. The average molecular weight is 535 g/mol. The van der Waals surface area contributed by atoms with Gasteiger partial charge in [0.15, 0.2) is 0 Å². The Morgan fingerprint density at radius 1 is 0.475 bits per heavy atom. The van der Waals surface area contributed by atoms with E-state index in [1.54, 1.807) is 0 Å². The second-order valence-electron chi connectivity index (χ2n) is 12.0.